The number of benzene rings is 2. The van der Waals surface area contributed by atoms with E-state index in [2.05, 4.69) is 4.98 Å². The van der Waals surface area contributed by atoms with Crippen LogP contribution in [0.4, 0.5) is 0 Å². The number of pyridine rings is 1. The minimum absolute atomic E-state index is 0.320. The van der Waals surface area contributed by atoms with Gasteiger partial charge >= 0.3 is 5.97 Å². The highest BCUT2D eigenvalue weighted by molar-refractivity contribution is 6.34. The zero-order chi connectivity index (χ0) is 17.3. The average molecular weight is 362 g/mol. The molecule has 122 valence electrons. The molecule has 0 bridgehead atoms. The Morgan fingerprint density at radius 1 is 1.12 bits per heavy atom. The predicted octanol–water partition coefficient (Wildman–Crippen LogP) is 5.06. The van der Waals surface area contributed by atoms with Crippen LogP contribution in [0.1, 0.15) is 6.92 Å². The number of carboxylic acids is 1. The largest absolute Gasteiger partial charge is 0.479 e. The number of aliphatic carboxylic acids is 1. The highest BCUT2D eigenvalue weighted by atomic mass is 35.5. The summed E-state index contributed by atoms with van der Waals surface area (Å²) in [6.07, 6.45) is -0.954. The molecule has 0 saturated carbocycles. The summed E-state index contributed by atoms with van der Waals surface area (Å²) in [7, 11) is 0. The molecular weight excluding hydrogens is 349 g/mol. The quantitative estimate of drug-likeness (QED) is 0.659. The fourth-order valence-electron chi connectivity index (χ4n) is 2.41. The van der Waals surface area contributed by atoms with E-state index in [-0.39, 0.29) is 0 Å². The minimum Gasteiger partial charge on any atom is -0.479 e. The standard InChI is InChI=1S/C18H13Cl2NO3/c1-10(18(22)23)24-11-6-7-13-14(9-17(20)21-16(13)8-11)12-4-2-3-5-15(12)19/h2-10H,1H3,(H,22,23). The molecule has 6 heteroatoms. The Hall–Kier alpha value is -2.30. The zero-order valence-corrected chi connectivity index (χ0v) is 14.2. The van der Waals surface area contributed by atoms with Crippen LogP contribution < -0.4 is 4.74 Å². The molecule has 0 saturated heterocycles. The third kappa shape index (κ3) is 3.30. The van der Waals surface area contributed by atoms with Gasteiger partial charge in [0.25, 0.3) is 0 Å². The number of carboxylic acid groups (broad SMARTS) is 1. The van der Waals surface area contributed by atoms with E-state index in [1.807, 2.05) is 30.3 Å². The topological polar surface area (TPSA) is 59.4 Å². The van der Waals surface area contributed by atoms with E-state index in [1.165, 1.54) is 6.92 Å². The molecule has 1 atom stereocenters. The van der Waals surface area contributed by atoms with E-state index in [9.17, 15) is 4.79 Å². The van der Waals surface area contributed by atoms with Crippen molar-refractivity contribution < 1.29 is 14.6 Å². The summed E-state index contributed by atoms with van der Waals surface area (Å²) in [5.74, 6) is -0.622. The van der Waals surface area contributed by atoms with E-state index < -0.39 is 12.1 Å². The second-order valence-corrected chi connectivity index (χ2v) is 6.04. The van der Waals surface area contributed by atoms with Gasteiger partial charge in [0.1, 0.15) is 10.9 Å². The molecule has 0 aliphatic carbocycles. The van der Waals surface area contributed by atoms with Crippen molar-refractivity contribution in [2.45, 2.75) is 13.0 Å². The first-order valence-corrected chi connectivity index (χ1v) is 7.96. The lowest BCUT2D eigenvalue weighted by molar-refractivity contribution is -0.144. The number of halogens is 2. The summed E-state index contributed by atoms with van der Waals surface area (Å²) in [6.45, 7) is 1.47. The highest BCUT2D eigenvalue weighted by Gasteiger charge is 2.14. The Balaban J connectivity index is 2.13. The average Bonchev–Trinajstić information content (AvgIpc) is 2.54. The monoisotopic (exact) mass is 361 g/mol. The van der Waals surface area contributed by atoms with Crippen LogP contribution in [0.15, 0.2) is 48.5 Å². The first-order valence-electron chi connectivity index (χ1n) is 7.20. The van der Waals surface area contributed by atoms with E-state index in [4.69, 9.17) is 33.0 Å². The summed E-state index contributed by atoms with van der Waals surface area (Å²) >= 11 is 12.4. The number of rotatable bonds is 4. The first-order chi connectivity index (χ1) is 11.5. The Morgan fingerprint density at radius 3 is 2.58 bits per heavy atom. The Bertz CT molecular complexity index is 927. The molecule has 24 heavy (non-hydrogen) atoms. The van der Waals surface area contributed by atoms with Gasteiger partial charge in [-0.05, 0) is 36.8 Å². The molecule has 0 aliphatic heterocycles. The fourth-order valence-corrected chi connectivity index (χ4v) is 2.84. The summed E-state index contributed by atoms with van der Waals surface area (Å²) in [6, 6.07) is 14.4. The van der Waals surface area contributed by atoms with Crippen LogP contribution in [0.3, 0.4) is 0 Å². The third-order valence-electron chi connectivity index (χ3n) is 3.57. The number of hydrogen-bond donors (Lipinski definition) is 1. The smallest absolute Gasteiger partial charge is 0.344 e. The van der Waals surface area contributed by atoms with Gasteiger partial charge in [0, 0.05) is 22.0 Å². The normalized spacial score (nSPS) is 12.1. The van der Waals surface area contributed by atoms with E-state index in [0.29, 0.717) is 21.4 Å². The number of nitrogens with zero attached hydrogens (tertiary/aromatic N) is 1. The van der Waals surface area contributed by atoms with Gasteiger partial charge in [-0.15, -0.1) is 0 Å². The lowest BCUT2D eigenvalue weighted by Crippen LogP contribution is -2.22. The van der Waals surface area contributed by atoms with Crippen LogP contribution >= 0.6 is 23.2 Å². The molecule has 0 spiro atoms. The third-order valence-corrected chi connectivity index (χ3v) is 4.10. The van der Waals surface area contributed by atoms with E-state index in [1.54, 1.807) is 18.2 Å². The van der Waals surface area contributed by atoms with Gasteiger partial charge in [-0.2, -0.15) is 0 Å². The minimum atomic E-state index is -1.04. The van der Waals surface area contributed by atoms with Gasteiger partial charge in [-0.25, -0.2) is 9.78 Å². The van der Waals surface area contributed by atoms with E-state index >= 15 is 0 Å². The van der Waals surface area contributed by atoms with Gasteiger partial charge in [0.15, 0.2) is 6.10 Å². The highest BCUT2D eigenvalue weighted by Crippen LogP contribution is 2.35. The van der Waals surface area contributed by atoms with E-state index in [0.717, 1.165) is 16.5 Å². The maximum Gasteiger partial charge on any atom is 0.344 e. The fraction of sp³-hybridized carbons (Fsp3) is 0.111. The van der Waals surface area contributed by atoms with Gasteiger partial charge in [-0.3, -0.25) is 0 Å². The number of carbonyl (C=O) groups is 1. The van der Waals surface area contributed by atoms with Crippen molar-refractivity contribution >= 4 is 40.1 Å². The molecular formula is C18H13Cl2NO3. The Morgan fingerprint density at radius 2 is 1.88 bits per heavy atom. The van der Waals surface area contributed by atoms with Crippen LogP contribution in [0.2, 0.25) is 10.2 Å². The second-order valence-electron chi connectivity index (χ2n) is 5.25. The van der Waals surface area contributed by atoms with Crippen LogP contribution in [0, 0.1) is 0 Å². The zero-order valence-electron chi connectivity index (χ0n) is 12.7. The number of ether oxygens (including phenoxy) is 1. The van der Waals surface area contributed by atoms with Gasteiger partial charge in [0.05, 0.1) is 5.52 Å². The Labute approximate surface area is 148 Å². The summed E-state index contributed by atoms with van der Waals surface area (Å²) in [4.78, 5) is 15.2. The van der Waals surface area contributed by atoms with Gasteiger partial charge in [0.2, 0.25) is 0 Å². The molecule has 0 amide bonds. The molecule has 0 fully saturated rings. The van der Waals surface area contributed by atoms with Crippen LogP contribution in [0.25, 0.3) is 22.0 Å². The summed E-state index contributed by atoms with van der Waals surface area (Å²) in [5, 5.41) is 10.7. The van der Waals surface area contributed by atoms with Crippen molar-refractivity contribution in [2.24, 2.45) is 0 Å². The molecule has 2 aromatic carbocycles. The predicted molar refractivity (Wildman–Crippen MR) is 94.9 cm³/mol. The second kappa shape index (κ2) is 6.67. The van der Waals surface area contributed by atoms with Gasteiger partial charge in [-0.1, -0.05) is 41.4 Å². The van der Waals surface area contributed by atoms with Crippen molar-refractivity contribution in [1.29, 1.82) is 0 Å². The van der Waals surface area contributed by atoms with Crippen LogP contribution in [-0.4, -0.2) is 22.2 Å². The Kier molecular flexibility index (Phi) is 4.60. The van der Waals surface area contributed by atoms with Crippen molar-refractivity contribution in [3.8, 4) is 16.9 Å². The molecule has 1 N–H and O–H groups in total. The van der Waals surface area contributed by atoms with Crippen molar-refractivity contribution in [2.75, 3.05) is 0 Å². The molecule has 1 heterocycles. The lowest BCUT2D eigenvalue weighted by Gasteiger charge is -2.13. The molecule has 1 aromatic heterocycles. The van der Waals surface area contributed by atoms with Crippen LogP contribution in [0.5, 0.6) is 5.75 Å². The molecule has 0 aliphatic rings. The molecule has 0 radical (unpaired) electrons. The van der Waals surface area contributed by atoms with Crippen LogP contribution in [-0.2, 0) is 4.79 Å². The maximum atomic E-state index is 10.9. The number of hydrogen-bond acceptors (Lipinski definition) is 3. The molecule has 4 nitrogen and oxygen atoms in total. The maximum absolute atomic E-state index is 10.9. The van der Waals surface area contributed by atoms with Crippen molar-refractivity contribution in [3.05, 3.63) is 58.7 Å². The molecule has 3 rings (SSSR count). The van der Waals surface area contributed by atoms with Crippen molar-refractivity contribution in [3.63, 3.8) is 0 Å². The lowest BCUT2D eigenvalue weighted by atomic mass is 10.0. The van der Waals surface area contributed by atoms with Crippen molar-refractivity contribution in [1.82, 2.24) is 4.98 Å². The SMILES string of the molecule is CC(Oc1ccc2c(-c3ccccc3Cl)cc(Cl)nc2c1)C(=O)O. The van der Waals surface area contributed by atoms with Gasteiger partial charge < -0.3 is 9.84 Å². The molecule has 3 aromatic rings. The number of aromatic nitrogens is 1. The number of fused-ring (bicyclic) bond motifs is 1. The molecule has 1 unspecified atom stereocenters. The first kappa shape index (κ1) is 16.6. The summed E-state index contributed by atoms with van der Waals surface area (Å²) < 4.78 is 5.38. The summed E-state index contributed by atoms with van der Waals surface area (Å²) in [5.41, 5.74) is 2.31.